The molecule has 0 aromatic heterocycles. The molecule has 0 aliphatic carbocycles. The Balaban J connectivity index is 0.00000364. The molecule has 0 spiro atoms. The minimum Gasteiger partial charge on any atom is -0.375 e. The maximum absolute atomic E-state index is 12.5. The van der Waals surface area contributed by atoms with Gasteiger partial charge >= 0.3 is 6.18 Å². The summed E-state index contributed by atoms with van der Waals surface area (Å²) in [5.74, 6) is 0.645. The Bertz CT molecular complexity index is 568. The number of rotatable bonds is 7. The van der Waals surface area contributed by atoms with E-state index in [-0.39, 0.29) is 30.0 Å². The van der Waals surface area contributed by atoms with Gasteiger partial charge in [0.1, 0.15) is 0 Å². The molecule has 0 amide bonds. The summed E-state index contributed by atoms with van der Waals surface area (Å²) in [6.07, 6.45) is -2.52. The fourth-order valence-electron chi connectivity index (χ4n) is 3.07. The van der Waals surface area contributed by atoms with Gasteiger partial charge in [-0.05, 0) is 25.0 Å². The number of nitrogens with zero attached hydrogens (tertiary/aromatic N) is 3. The van der Waals surface area contributed by atoms with Crippen LogP contribution in [0.4, 0.5) is 18.9 Å². The van der Waals surface area contributed by atoms with Crippen LogP contribution < -0.4 is 15.5 Å². The van der Waals surface area contributed by atoms with Crippen LogP contribution in [-0.4, -0.2) is 69.9 Å². The van der Waals surface area contributed by atoms with Crippen molar-refractivity contribution in [1.29, 1.82) is 0 Å². The van der Waals surface area contributed by atoms with Gasteiger partial charge in [-0.15, -0.1) is 24.0 Å². The first kappa shape index (κ1) is 23.8. The van der Waals surface area contributed by atoms with Gasteiger partial charge in [0.15, 0.2) is 5.96 Å². The second-order valence-electron chi connectivity index (χ2n) is 6.59. The molecule has 1 aliphatic heterocycles. The molecule has 9 heteroatoms. The quantitative estimate of drug-likeness (QED) is 0.262. The van der Waals surface area contributed by atoms with Gasteiger partial charge in [0.25, 0.3) is 0 Å². The standard InChI is InChI=1S/C18H28F3N5.HI/c1-22-17(24-15-9-12-26(13-15)14-18(19,20)21)23-10-6-11-25(2)16-7-4-3-5-8-16;/h3-5,7-8,15H,6,9-14H2,1-2H3,(H2,22,23,24);1H. The van der Waals surface area contributed by atoms with Crippen LogP contribution in [0.5, 0.6) is 0 Å². The fraction of sp³-hybridized carbons (Fsp3) is 0.611. The van der Waals surface area contributed by atoms with Crippen LogP contribution in [0.15, 0.2) is 35.3 Å². The van der Waals surface area contributed by atoms with Gasteiger partial charge in [-0.3, -0.25) is 9.89 Å². The zero-order chi connectivity index (χ0) is 19.0. The number of likely N-dealkylation sites (tertiary alicyclic amines) is 1. The highest BCUT2D eigenvalue weighted by Crippen LogP contribution is 2.19. The van der Waals surface area contributed by atoms with Gasteiger partial charge in [0, 0.05) is 52.0 Å². The first-order chi connectivity index (χ1) is 12.4. The highest BCUT2D eigenvalue weighted by molar-refractivity contribution is 14.0. The molecule has 1 heterocycles. The number of hydrogen-bond acceptors (Lipinski definition) is 3. The Morgan fingerprint density at radius 3 is 2.63 bits per heavy atom. The minimum absolute atomic E-state index is 0. The number of halogens is 4. The lowest BCUT2D eigenvalue weighted by atomic mass is 10.2. The summed E-state index contributed by atoms with van der Waals surface area (Å²) in [6, 6.07) is 10.2. The molecule has 27 heavy (non-hydrogen) atoms. The second kappa shape index (κ2) is 11.6. The number of alkyl halides is 3. The molecule has 5 nitrogen and oxygen atoms in total. The van der Waals surface area contributed by atoms with Crippen LogP contribution in [0.3, 0.4) is 0 Å². The summed E-state index contributed by atoms with van der Waals surface area (Å²) in [6.45, 7) is 1.64. The van der Waals surface area contributed by atoms with E-state index in [1.807, 2.05) is 18.2 Å². The van der Waals surface area contributed by atoms with Gasteiger partial charge in [-0.1, -0.05) is 18.2 Å². The highest BCUT2D eigenvalue weighted by Gasteiger charge is 2.34. The summed E-state index contributed by atoms with van der Waals surface area (Å²) < 4.78 is 37.4. The average molecular weight is 499 g/mol. The molecule has 1 atom stereocenters. The minimum atomic E-state index is -4.14. The summed E-state index contributed by atoms with van der Waals surface area (Å²) >= 11 is 0. The molecule has 1 saturated heterocycles. The SMILES string of the molecule is CN=C(NCCCN(C)c1ccccc1)NC1CCN(CC(F)(F)F)C1.I. The van der Waals surface area contributed by atoms with Crippen molar-refractivity contribution < 1.29 is 13.2 Å². The van der Waals surface area contributed by atoms with Crippen LogP contribution in [-0.2, 0) is 0 Å². The molecule has 1 unspecified atom stereocenters. The molecule has 1 aromatic carbocycles. The number of nitrogens with one attached hydrogen (secondary N) is 2. The van der Waals surface area contributed by atoms with Crippen LogP contribution in [0.1, 0.15) is 12.8 Å². The number of anilines is 1. The largest absolute Gasteiger partial charge is 0.401 e. The number of hydrogen-bond donors (Lipinski definition) is 2. The van der Waals surface area contributed by atoms with Gasteiger partial charge in [0.05, 0.1) is 6.54 Å². The normalized spacial score (nSPS) is 18.1. The van der Waals surface area contributed by atoms with E-state index < -0.39 is 12.7 Å². The summed E-state index contributed by atoms with van der Waals surface area (Å²) in [5, 5.41) is 6.46. The topological polar surface area (TPSA) is 42.9 Å². The van der Waals surface area contributed by atoms with Crippen LogP contribution in [0.2, 0.25) is 0 Å². The molecule has 0 radical (unpaired) electrons. The highest BCUT2D eigenvalue weighted by atomic mass is 127. The number of para-hydroxylation sites is 1. The Morgan fingerprint density at radius 1 is 1.30 bits per heavy atom. The summed E-state index contributed by atoms with van der Waals surface area (Å²) in [4.78, 5) is 7.78. The molecule has 1 aromatic rings. The van der Waals surface area contributed by atoms with Crippen molar-refractivity contribution in [2.75, 3.05) is 51.7 Å². The maximum Gasteiger partial charge on any atom is 0.401 e. The maximum atomic E-state index is 12.5. The Kier molecular flexibility index (Phi) is 10.2. The summed E-state index contributed by atoms with van der Waals surface area (Å²) in [5.41, 5.74) is 1.17. The van der Waals surface area contributed by atoms with Gasteiger partial charge in [0.2, 0.25) is 0 Å². The molecule has 1 fully saturated rings. The van der Waals surface area contributed by atoms with Crippen LogP contribution in [0, 0.1) is 0 Å². The van der Waals surface area contributed by atoms with Crippen molar-refractivity contribution in [2.24, 2.45) is 4.99 Å². The van der Waals surface area contributed by atoms with E-state index in [2.05, 4.69) is 39.7 Å². The van der Waals surface area contributed by atoms with Crippen molar-refractivity contribution in [1.82, 2.24) is 15.5 Å². The molecule has 0 bridgehead atoms. The fourth-order valence-corrected chi connectivity index (χ4v) is 3.07. The van der Waals surface area contributed by atoms with Crippen LogP contribution in [0.25, 0.3) is 0 Å². The summed E-state index contributed by atoms with van der Waals surface area (Å²) in [7, 11) is 3.73. The first-order valence-corrected chi connectivity index (χ1v) is 8.90. The third-order valence-electron chi connectivity index (χ3n) is 4.40. The van der Waals surface area contributed by atoms with Crippen molar-refractivity contribution in [3.05, 3.63) is 30.3 Å². The molecule has 0 saturated carbocycles. The number of guanidine groups is 1. The Hall–Kier alpha value is -1.23. The van der Waals surface area contributed by atoms with Gasteiger partial charge in [-0.25, -0.2) is 0 Å². The smallest absolute Gasteiger partial charge is 0.375 e. The van der Waals surface area contributed by atoms with Gasteiger partial charge in [-0.2, -0.15) is 13.2 Å². The first-order valence-electron chi connectivity index (χ1n) is 8.90. The van der Waals surface area contributed by atoms with E-state index in [4.69, 9.17) is 0 Å². The molecule has 154 valence electrons. The molecular weight excluding hydrogens is 470 g/mol. The van der Waals surface area contributed by atoms with Crippen molar-refractivity contribution in [3.63, 3.8) is 0 Å². The van der Waals surface area contributed by atoms with E-state index in [1.165, 1.54) is 10.6 Å². The second-order valence-corrected chi connectivity index (χ2v) is 6.59. The van der Waals surface area contributed by atoms with Gasteiger partial charge < -0.3 is 15.5 Å². The molecule has 2 rings (SSSR count). The molecule has 2 N–H and O–H groups in total. The van der Waals surface area contributed by atoms with E-state index >= 15 is 0 Å². The third-order valence-corrected chi connectivity index (χ3v) is 4.40. The molecule has 1 aliphatic rings. The number of aliphatic imine (C=N–C) groups is 1. The van der Waals surface area contributed by atoms with E-state index in [0.717, 1.165) is 19.5 Å². The Labute approximate surface area is 176 Å². The monoisotopic (exact) mass is 499 g/mol. The van der Waals surface area contributed by atoms with Crippen molar-refractivity contribution in [2.45, 2.75) is 25.1 Å². The Morgan fingerprint density at radius 2 is 2.00 bits per heavy atom. The van der Waals surface area contributed by atoms with E-state index in [9.17, 15) is 13.2 Å². The average Bonchev–Trinajstić information content (AvgIpc) is 3.03. The van der Waals surface area contributed by atoms with E-state index in [0.29, 0.717) is 25.5 Å². The van der Waals surface area contributed by atoms with Crippen LogP contribution >= 0.6 is 24.0 Å². The van der Waals surface area contributed by atoms with E-state index in [1.54, 1.807) is 7.05 Å². The van der Waals surface area contributed by atoms with Crippen molar-refractivity contribution >= 4 is 35.6 Å². The van der Waals surface area contributed by atoms with Crippen molar-refractivity contribution in [3.8, 4) is 0 Å². The molecular formula is C18H29F3IN5. The third kappa shape index (κ3) is 9.00. The zero-order valence-corrected chi connectivity index (χ0v) is 18.1. The predicted molar refractivity (Wildman–Crippen MR) is 115 cm³/mol. The zero-order valence-electron chi connectivity index (χ0n) is 15.8. The lowest BCUT2D eigenvalue weighted by molar-refractivity contribution is -0.143. The number of benzene rings is 1. The lowest BCUT2D eigenvalue weighted by Gasteiger charge is -2.21. The predicted octanol–water partition coefficient (Wildman–Crippen LogP) is 2.93. The lowest BCUT2D eigenvalue weighted by Crippen LogP contribution is -2.45.